The summed E-state index contributed by atoms with van der Waals surface area (Å²) in [6.07, 6.45) is 5.00. The lowest BCUT2D eigenvalue weighted by atomic mass is 9.76. The number of pyridine rings is 1. The molecule has 0 spiro atoms. The zero-order valence-corrected chi connectivity index (χ0v) is 21.5. The molecule has 0 saturated carbocycles. The SMILES string of the molecule is COc1c(-c2ccc(N3CC(C)O[C@@H](C)C3)cc2)cnc2c1CCCC2(OC)c1ccc(C#N)cc1. The highest BCUT2D eigenvalue weighted by Crippen LogP contribution is 2.47. The Labute approximate surface area is 213 Å². The molecule has 1 aromatic heterocycles. The van der Waals surface area contributed by atoms with Crippen molar-refractivity contribution in [1.29, 1.82) is 5.26 Å². The fourth-order valence-corrected chi connectivity index (χ4v) is 5.84. The summed E-state index contributed by atoms with van der Waals surface area (Å²) in [7, 11) is 3.47. The van der Waals surface area contributed by atoms with Gasteiger partial charge in [-0.05, 0) is 68.5 Å². The Bertz CT molecular complexity index is 1260. The standard InChI is InChI=1S/C30H33N3O3/c1-20-18-33(19-21(2)36-20)25-13-9-23(10-14-25)27-17-32-29-26(28(27)34-3)6-5-15-30(29,35-4)24-11-7-22(16-31)8-12-24/h7-14,17,20-21H,5-6,15,18-19H2,1-4H3/t20-,21?,30?/m0/s1. The van der Waals surface area contributed by atoms with E-state index in [0.29, 0.717) is 5.56 Å². The van der Waals surface area contributed by atoms with E-state index in [1.165, 1.54) is 5.69 Å². The first-order chi connectivity index (χ1) is 17.5. The fraction of sp³-hybridized carbons (Fsp3) is 0.400. The van der Waals surface area contributed by atoms with Gasteiger partial charge in [0.1, 0.15) is 11.4 Å². The van der Waals surface area contributed by atoms with E-state index in [9.17, 15) is 5.26 Å². The highest BCUT2D eigenvalue weighted by atomic mass is 16.5. The molecule has 0 radical (unpaired) electrons. The summed E-state index contributed by atoms with van der Waals surface area (Å²) in [6, 6.07) is 18.5. The lowest BCUT2D eigenvalue weighted by molar-refractivity contribution is -0.00521. The second-order valence-electron chi connectivity index (χ2n) is 9.82. The maximum atomic E-state index is 9.22. The Morgan fingerprint density at radius 2 is 1.72 bits per heavy atom. The summed E-state index contributed by atoms with van der Waals surface area (Å²) in [5.41, 5.74) is 6.22. The van der Waals surface area contributed by atoms with Crippen molar-refractivity contribution in [2.24, 2.45) is 0 Å². The highest BCUT2D eigenvalue weighted by Gasteiger charge is 2.41. The second-order valence-corrected chi connectivity index (χ2v) is 9.82. The Hall–Kier alpha value is -3.40. The number of nitriles is 1. The number of morpholine rings is 1. The van der Waals surface area contributed by atoms with Gasteiger partial charge in [0.25, 0.3) is 0 Å². The van der Waals surface area contributed by atoms with Crippen LogP contribution in [0.3, 0.4) is 0 Å². The topological polar surface area (TPSA) is 67.6 Å². The summed E-state index contributed by atoms with van der Waals surface area (Å²) in [5, 5.41) is 9.22. The van der Waals surface area contributed by atoms with E-state index >= 15 is 0 Å². The molecule has 0 bridgehead atoms. The highest BCUT2D eigenvalue weighted by molar-refractivity contribution is 5.74. The molecule has 1 saturated heterocycles. The van der Waals surface area contributed by atoms with E-state index in [0.717, 1.165) is 66.0 Å². The molecule has 2 aromatic carbocycles. The van der Waals surface area contributed by atoms with Crippen LogP contribution < -0.4 is 9.64 Å². The van der Waals surface area contributed by atoms with Gasteiger partial charge in [-0.2, -0.15) is 5.26 Å². The second kappa shape index (κ2) is 9.93. The van der Waals surface area contributed by atoms with Crippen LogP contribution in [0.25, 0.3) is 11.1 Å². The van der Waals surface area contributed by atoms with Gasteiger partial charge < -0.3 is 19.1 Å². The van der Waals surface area contributed by atoms with E-state index in [2.05, 4.69) is 49.1 Å². The smallest absolute Gasteiger partial charge is 0.135 e. The van der Waals surface area contributed by atoms with Crippen LogP contribution in [0.15, 0.2) is 54.7 Å². The number of hydrogen-bond acceptors (Lipinski definition) is 6. The minimum absolute atomic E-state index is 0.218. The third kappa shape index (κ3) is 4.23. The van der Waals surface area contributed by atoms with Crippen molar-refractivity contribution in [3.63, 3.8) is 0 Å². The van der Waals surface area contributed by atoms with Crippen LogP contribution in [0, 0.1) is 11.3 Å². The number of ether oxygens (including phenoxy) is 3. The first kappa shape index (κ1) is 24.3. The van der Waals surface area contributed by atoms with Gasteiger partial charge in [0.05, 0.1) is 36.6 Å². The zero-order chi connectivity index (χ0) is 25.3. The number of hydrogen-bond donors (Lipinski definition) is 0. The van der Waals surface area contributed by atoms with Gasteiger partial charge in [0, 0.05) is 43.2 Å². The van der Waals surface area contributed by atoms with Crippen molar-refractivity contribution in [2.75, 3.05) is 32.2 Å². The molecule has 36 heavy (non-hydrogen) atoms. The monoisotopic (exact) mass is 483 g/mol. The molecule has 5 rings (SSSR count). The summed E-state index contributed by atoms with van der Waals surface area (Å²) in [5.74, 6) is 0.858. The van der Waals surface area contributed by atoms with Crippen molar-refractivity contribution in [3.8, 4) is 22.9 Å². The molecule has 6 heteroatoms. The largest absolute Gasteiger partial charge is 0.496 e. The van der Waals surface area contributed by atoms with Gasteiger partial charge in [0.2, 0.25) is 0 Å². The molecule has 2 heterocycles. The number of rotatable bonds is 5. The summed E-state index contributed by atoms with van der Waals surface area (Å²) < 4.78 is 18.1. The molecule has 2 aliphatic rings. The summed E-state index contributed by atoms with van der Waals surface area (Å²) in [4.78, 5) is 7.37. The van der Waals surface area contributed by atoms with Gasteiger partial charge in [-0.1, -0.05) is 24.3 Å². The number of methoxy groups -OCH3 is 2. The Morgan fingerprint density at radius 1 is 1.03 bits per heavy atom. The van der Waals surface area contributed by atoms with Crippen LogP contribution in [-0.4, -0.2) is 44.5 Å². The molecule has 1 aliphatic carbocycles. The molecule has 0 amide bonds. The average Bonchev–Trinajstić information content (AvgIpc) is 2.91. The summed E-state index contributed by atoms with van der Waals surface area (Å²) >= 11 is 0. The molecule has 186 valence electrons. The maximum absolute atomic E-state index is 9.22. The van der Waals surface area contributed by atoms with Crippen LogP contribution in [0.1, 0.15) is 49.1 Å². The van der Waals surface area contributed by atoms with E-state index in [-0.39, 0.29) is 12.2 Å². The first-order valence-electron chi connectivity index (χ1n) is 12.6. The van der Waals surface area contributed by atoms with Crippen LogP contribution in [0.5, 0.6) is 5.75 Å². The van der Waals surface area contributed by atoms with E-state index in [4.69, 9.17) is 19.2 Å². The third-order valence-corrected chi connectivity index (χ3v) is 7.46. The molecule has 3 atom stereocenters. The average molecular weight is 484 g/mol. The first-order valence-corrected chi connectivity index (χ1v) is 12.6. The van der Waals surface area contributed by atoms with Gasteiger partial charge in [-0.3, -0.25) is 4.98 Å². The lowest BCUT2D eigenvalue weighted by Gasteiger charge is -2.38. The Kier molecular flexibility index (Phi) is 6.70. The van der Waals surface area contributed by atoms with E-state index in [1.54, 1.807) is 14.2 Å². The molecule has 6 nitrogen and oxygen atoms in total. The van der Waals surface area contributed by atoms with Crippen LogP contribution in [-0.2, 0) is 21.5 Å². The van der Waals surface area contributed by atoms with Crippen molar-refractivity contribution >= 4 is 5.69 Å². The van der Waals surface area contributed by atoms with Gasteiger partial charge >= 0.3 is 0 Å². The van der Waals surface area contributed by atoms with E-state index < -0.39 is 5.60 Å². The fourth-order valence-electron chi connectivity index (χ4n) is 5.84. The number of nitrogens with zero attached hydrogens (tertiary/aromatic N) is 3. The number of anilines is 1. The Balaban J connectivity index is 1.52. The molecule has 3 aromatic rings. The van der Waals surface area contributed by atoms with Crippen molar-refractivity contribution in [1.82, 2.24) is 4.98 Å². The Morgan fingerprint density at radius 3 is 2.33 bits per heavy atom. The minimum Gasteiger partial charge on any atom is -0.496 e. The van der Waals surface area contributed by atoms with Crippen LogP contribution in [0.4, 0.5) is 5.69 Å². The number of fused-ring (bicyclic) bond motifs is 1. The molecule has 1 aliphatic heterocycles. The normalized spacial score (nSPS) is 23.6. The minimum atomic E-state index is -0.666. The van der Waals surface area contributed by atoms with Gasteiger partial charge in [-0.25, -0.2) is 0 Å². The molecule has 2 unspecified atom stereocenters. The van der Waals surface area contributed by atoms with E-state index in [1.807, 2.05) is 30.5 Å². The summed E-state index contributed by atoms with van der Waals surface area (Å²) in [6.45, 7) is 6.03. The zero-order valence-electron chi connectivity index (χ0n) is 21.5. The van der Waals surface area contributed by atoms with Crippen molar-refractivity contribution < 1.29 is 14.2 Å². The molecular weight excluding hydrogens is 450 g/mol. The lowest BCUT2D eigenvalue weighted by Crippen LogP contribution is -2.45. The van der Waals surface area contributed by atoms with Crippen molar-refractivity contribution in [3.05, 3.63) is 77.1 Å². The third-order valence-electron chi connectivity index (χ3n) is 7.46. The quantitative estimate of drug-likeness (QED) is 0.479. The maximum Gasteiger partial charge on any atom is 0.135 e. The number of benzene rings is 2. The van der Waals surface area contributed by atoms with Crippen molar-refractivity contribution in [2.45, 2.75) is 50.9 Å². The number of aromatic nitrogens is 1. The van der Waals surface area contributed by atoms with Gasteiger partial charge in [-0.15, -0.1) is 0 Å². The van der Waals surface area contributed by atoms with Crippen LogP contribution in [0.2, 0.25) is 0 Å². The van der Waals surface area contributed by atoms with Gasteiger partial charge in [0.15, 0.2) is 0 Å². The molecule has 1 fully saturated rings. The predicted molar refractivity (Wildman–Crippen MR) is 140 cm³/mol. The van der Waals surface area contributed by atoms with Crippen LogP contribution >= 0.6 is 0 Å². The molecular formula is C30H33N3O3. The molecule has 0 N–H and O–H groups in total. The predicted octanol–water partition coefficient (Wildman–Crippen LogP) is 5.47.